The minimum Gasteiger partial charge on any atom is -0.494 e. The number of amides is 2. The van der Waals surface area contributed by atoms with Crippen LogP contribution in [0.25, 0.3) is 0 Å². The Bertz CT molecular complexity index is 743. The zero-order chi connectivity index (χ0) is 19.3. The zero-order valence-electron chi connectivity index (χ0n) is 15.5. The number of carbonyl (C=O) groups is 2. The van der Waals surface area contributed by atoms with Gasteiger partial charge in [0.2, 0.25) is 11.8 Å². The average molecular weight is 367 g/mol. The van der Waals surface area contributed by atoms with Gasteiger partial charge in [-0.2, -0.15) is 5.10 Å². The van der Waals surface area contributed by atoms with Crippen LogP contribution in [0.4, 0.5) is 5.69 Å². The van der Waals surface area contributed by atoms with E-state index in [1.54, 1.807) is 18.3 Å². The Morgan fingerprint density at radius 1 is 1.00 bits per heavy atom. The second-order valence-corrected chi connectivity index (χ2v) is 5.98. The fraction of sp³-hybridized carbons (Fsp3) is 0.286. The number of carbonyl (C=O) groups excluding carboxylic acids is 2. The first-order valence-electron chi connectivity index (χ1n) is 9.07. The summed E-state index contributed by atoms with van der Waals surface area (Å²) in [5.41, 5.74) is 3.98. The van der Waals surface area contributed by atoms with Crippen molar-refractivity contribution in [2.75, 3.05) is 11.9 Å². The summed E-state index contributed by atoms with van der Waals surface area (Å²) in [7, 11) is 0. The number of benzene rings is 2. The summed E-state index contributed by atoms with van der Waals surface area (Å²) >= 11 is 0. The van der Waals surface area contributed by atoms with E-state index in [0.29, 0.717) is 12.3 Å². The van der Waals surface area contributed by atoms with E-state index in [9.17, 15) is 9.59 Å². The molecule has 0 spiro atoms. The Labute approximate surface area is 159 Å². The van der Waals surface area contributed by atoms with Gasteiger partial charge in [0.25, 0.3) is 0 Å². The highest BCUT2D eigenvalue weighted by molar-refractivity contribution is 5.93. The molecular weight excluding hydrogens is 342 g/mol. The quantitative estimate of drug-likeness (QED) is 0.381. The third-order valence-corrected chi connectivity index (χ3v) is 3.69. The van der Waals surface area contributed by atoms with Gasteiger partial charge >= 0.3 is 0 Å². The number of nitrogens with one attached hydrogen (secondary N) is 2. The zero-order valence-corrected chi connectivity index (χ0v) is 15.5. The molecule has 2 amide bonds. The van der Waals surface area contributed by atoms with Crippen LogP contribution in [0, 0.1) is 0 Å². The SMILES string of the molecule is CCCCOc1ccc(C=NNC(=O)CCC(=O)Nc2ccccc2)cc1. The van der Waals surface area contributed by atoms with Crippen molar-refractivity contribution in [3.8, 4) is 5.75 Å². The molecule has 0 heterocycles. The van der Waals surface area contributed by atoms with Crippen molar-refractivity contribution in [2.45, 2.75) is 32.6 Å². The van der Waals surface area contributed by atoms with Gasteiger partial charge in [0.1, 0.15) is 5.75 Å². The van der Waals surface area contributed by atoms with Gasteiger partial charge in [-0.3, -0.25) is 9.59 Å². The molecule has 0 saturated carbocycles. The van der Waals surface area contributed by atoms with Crippen molar-refractivity contribution in [3.63, 3.8) is 0 Å². The van der Waals surface area contributed by atoms with E-state index in [0.717, 1.165) is 24.2 Å². The summed E-state index contributed by atoms with van der Waals surface area (Å²) in [4.78, 5) is 23.6. The van der Waals surface area contributed by atoms with Gasteiger partial charge in [-0.1, -0.05) is 31.5 Å². The first kappa shape index (κ1) is 20.2. The number of ether oxygens (including phenoxy) is 1. The molecule has 6 heteroatoms. The fourth-order valence-corrected chi connectivity index (χ4v) is 2.19. The fourth-order valence-electron chi connectivity index (χ4n) is 2.19. The van der Waals surface area contributed by atoms with Crippen LogP contribution >= 0.6 is 0 Å². The highest BCUT2D eigenvalue weighted by Crippen LogP contribution is 2.11. The number of unbranched alkanes of at least 4 members (excludes halogenated alkanes) is 1. The van der Waals surface area contributed by atoms with Crippen molar-refractivity contribution < 1.29 is 14.3 Å². The number of anilines is 1. The van der Waals surface area contributed by atoms with E-state index < -0.39 is 0 Å². The molecule has 0 aliphatic carbocycles. The highest BCUT2D eigenvalue weighted by atomic mass is 16.5. The predicted octanol–water partition coefficient (Wildman–Crippen LogP) is 3.73. The number of para-hydroxylation sites is 1. The van der Waals surface area contributed by atoms with E-state index in [2.05, 4.69) is 22.8 Å². The molecule has 0 fully saturated rings. The molecule has 0 saturated heterocycles. The van der Waals surface area contributed by atoms with Crippen LogP contribution in [-0.4, -0.2) is 24.6 Å². The second-order valence-electron chi connectivity index (χ2n) is 5.98. The Morgan fingerprint density at radius 3 is 2.41 bits per heavy atom. The summed E-state index contributed by atoms with van der Waals surface area (Å²) in [5, 5.41) is 6.64. The minimum atomic E-state index is -0.311. The van der Waals surface area contributed by atoms with Crippen molar-refractivity contribution >= 4 is 23.7 Å². The first-order chi connectivity index (χ1) is 13.2. The maximum atomic E-state index is 11.8. The maximum Gasteiger partial charge on any atom is 0.240 e. The summed E-state index contributed by atoms with van der Waals surface area (Å²) < 4.78 is 5.59. The molecule has 0 aliphatic heterocycles. The van der Waals surface area contributed by atoms with Gasteiger partial charge in [0, 0.05) is 18.5 Å². The van der Waals surface area contributed by atoms with Gasteiger partial charge in [-0.25, -0.2) is 5.43 Å². The van der Waals surface area contributed by atoms with Crippen molar-refractivity contribution in [3.05, 3.63) is 60.2 Å². The minimum absolute atomic E-state index is 0.0697. The topological polar surface area (TPSA) is 79.8 Å². The molecule has 0 aromatic heterocycles. The van der Waals surface area contributed by atoms with Gasteiger partial charge in [0.05, 0.1) is 12.8 Å². The van der Waals surface area contributed by atoms with Crippen molar-refractivity contribution in [1.82, 2.24) is 5.43 Å². The molecule has 2 N–H and O–H groups in total. The van der Waals surface area contributed by atoms with Crippen LogP contribution in [0.3, 0.4) is 0 Å². The lowest BCUT2D eigenvalue weighted by Gasteiger charge is -2.05. The monoisotopic (exact) mass is 367 g/mol. The summed E-state index contributed by atoms with van der Waals surface area (Å²) in [6, 6.07) is 16.6. The van der Waals surface area contributed by atoms with Crippen LogP contribution < -0.4 is 15.5 Å². The maximum absolute atomic E-state index is 11.8. The summed E-state index contributed by atoms with van der Waals surface area (Å²) in [6.45, 7) is 2.82. The van der Waals surface area contributed by atoms with Gasteiger partial charge < -0.3 is 10.1 Å². The average Bonchev–Trinajstić information content (AvgIpc) is 2.69. The highest BCUT2D eigenvalue weighted by Gasteiger charge is 2.06. The van der Waals surface area contributed by atoms with Crippen LogP contribution in [0.1, 0.15) is 38.2 Å². The standard InChI is InChI=1S/C21H25N3O3/c1-2-3-15-27-19-11-9-17(10-12-19)16-22-24-21(26)14-13-20(25)23-18-7-5-4-6-8-18/h4-12,16H,2-3,13-15H2,1H3,(H,23,25)(H,24,26). The molecule has 0 bridgehead atoms. The molecular formula is C21H25N3O3. The van der Waals surface area contributed by atoms with Gasteiger partial charge in [-0.05, 0) is 48.4 Å². The summed E-state index contributed by atoms with van der Waals surface area (Å²) in [6.07, 6.45) is 3.84. The number of nitrogens with zero attached hydrogens (tertiary/aromatic N) is 1. The lowest BCUT2D eigenvalue weighted by atomic mass is 10.2. The number of hydrogen-bond donors (Lipinski definition) is 2. The lowest BCUT2D eigenvalue weighted by Crippen LogP contribution is -2.20. The van der Waals surface area contributed by atoms with Crippen molar-refractivity contribution in [2.24, 2.45) is 5.10 Å². The smallest absolute Gasteiger partial charge is 0.240 e. The van der Waals surface area contributed by atoms with Gasteiger partial charge in [-0.15, -0.1) is 0 Å². The third-order valence-electron chi connectivity index (χ3n) is 3.69. The van der Waals surface area contributed by atoms with Crippen LogP contribution in [-0.2, 0) is 9.59 Å². The molecule has 2 rings (SSSR count). The van der Waals surface area contributed by atoms with Crippen LogP contribution in [0.5, 0.6) is 5.75 Å². The predicted molar refractivity (Wildman–Crippen MR) is 107 cm³/mol. The second kappa shape index (κ2) is 11.5. The van der Waals surface area contributed by atoms with Gasteiger partial charge in [0.15, 0.2) is 0 Å². The molecule has 142 valence electrons. The van der Waals surface area contributed by atoms with E-state index in [-0.39, 0.29) is 24.7 Å². The Morgan fingerprint density at radius 2 is 1.70 bits per heavy atom. The lowest BCUT2D eigenvalue weighted by molar-refractivity contribution is -0.124. The molecule has 0 unspecified atom stereocenters. The van der Waals surface area contributed by atoms with E-state index in [1.807, 2.05) is 42.5 Å². The molecule has 27 heavy (non-hydrogen) atoms. The molecule has 6 nitrogen and oxygen atoms in total. The molecule has 2 aromatic carbocycles. The van der Waals surface area contributed by atoms with E-state index in [4.69, 9.17) is 4.74 Å². The Kier molecular flexibility index (Phi) is 8.56. The molecule has 0 aliphatic rings. The largest absolute Gasteiger partial charge is 0.494 e. The van der Waals surface area contributed by atoms with Crippen molar-refractivity contribution in [1.29, 1.82) is 0 Å². The third kappa shape index (κ3) is 8.18. The van der Waals surface area contributed by atoms with Crippen LogP contribution in [0.15, 0.2) is 59.7 Å². The van der Waals surface area contributed by atoms with Crippen LogP contribution in [0.2, 0.25) is 0 Å². The van der Waals surface area contributed by atoms with E-state index >= 15 is 0 Å². The number of hydrogen-bond acceptors (Lipinski definition) is 4. The number of rotatable bonds is 10. The number of hydrazone groups is 1. The Hall–Kier alpha value is -3.15. The van der Waals surface area contributed by atoms with E-state index in [1.165, 1.54) is 0 Å². The normalized spacial score (nSPS) is 10.6. The molecule has 0 atom stereocenters. The Balaban J connectivity index is 1.67. The summed E-state index contributed by atoms with van der Waals surface area (Å²) in [5.74, 6) is 0.294. The first-order valence-corrected chi connectivity index (χ1v) is 9.07. The molecule has 2 aromatic rings. The molecule has 0 radical (unpaired) electrons.